The number of hydrogen-bond donors (Lipinski definition) is 2. The van der Waals surface area contributed by atoms with Crippen molar-refractivity contribution in [3.8, 4) is 0 Å². The maximum atomic E-state index is 3.12. The molecule has 0 aromatic heterocycles. The van der Waals surface area contributed by atoms with Crippen molar-refractivity contribution in [2.24, 2.45) is 0 Å². The first-order chi connectivity index (χ1) is 7.34. The van der Waals surface area contributed by atoms with Crippen molar-refractivity contribution in [3.63, 3.8) is 0 Å². The highest BCUT2D eigenvalue weighted by Gasteiger charge is 2.02. The van der Waals surface area contributed by atoms with Crippen molar-refractivity contribution in [1.29, 1.82) is 0 Å². The van der Waals surface area contributed by atoms with E-state index in [9.17, 15) is 0 Å². The normalized spacial score (nSPS) is 14.7. The molecule has 0 bridgehead atoms. The molecule has 0 fully saturated rings. The summed E-state index contributed by atoms with van der Waals surface area (Å²) in [6.45, 7) is 2.08. The molecule has 0 radical (unpaired) electrons. The molecule has 78 valence electrons. The molecule has 0 atom stereocenters. The van der Waals surface area contributed by atoms with Gasteiger partial charge in [-0.25, -0.2) is 0 Å². The maximum Gasteiger partial charge on any atom is 0.0875 e. The van der Waals surface area contributed by atoms with Crippen LogP contribution in [0.1, 0.15) is 12.5 Å². The van der Waals surface area contributed by atoms with E-state index in [0.29, 0.717) is 0 Å². The molecule has 1 aliphatic rings. The molecule has 0 amide bonds. The summed E-state index contributed by atoms with van der Waals surface area (Å²) >= 11 is 1.80. The minimum Gasteiger partial charge on any atom is -0.307 e. The molecule has 1 aromatic rings. The van der Waals surface area contributed by atoms with E-state index in [0.717, 1.165) is 5.75 Å². The van der Waals surface area contributed by atoms with E-state index in [-0.39, 0.29) is 0 Å². The van der Waals surface area contributed by atoms with Crippen LogP contribution in [0.3, 0.4) is 0 Å². The van der Waals surface area contributed by atoms with E-state index >= 15 is 0 Å². The van der Waals surface area contributed by atoms with Gasteiger partial charge >= 0.3 is 0 Å². The molecule has 1 aromatic carbocycles. The lowest BCUT2D eigenvalue weighted by atomic mass is 10.2. The molecule has 2 rings (SSSR count). The summed E-state index contributed by atoms with van der Waals surface area (Å²) in [5, 5.41) is 1.17. The van der Waals surface area contributed by atoms with Gasteiger partial charge in [-0.2, -0.15) is 0 Å². The Kier molecular flexibility index (Phi) is 3.35. The molecule has 15 heavy (non-hydrogen) atoms. The number of hydrazine groups is 1. The van der Waals surface area contributed by atoms with Crippen LogP contribution in [0.15, 0.2) is 53.2 Å². The first kappa shape index (κ1) is 10.2. The van der Waals surface area contributed by atoms with E-state index < -0.39 is 0 Å². The summed E-state index contributed by atoms with van der Waals surface area (Å²) in [5.74, 6) is 0.995. The molecule has 0 spiro atoms. The largest absolute Gasteiger partial charge is 0.307 e. The van der Waals surface area contributed by atoms with Crippen LogP contribution in [-0.2, 0) is 5.75 Å². The van der Waals surface area contributed by atoms with E-state index in [1.54, 1.807) is 11.8 Å². The number of thioether (sulfide) groups is 1. The molecule has 0 saturated carbocycles. The third-order valence-electron chi connectivity index (χ3n) is 2.09. The first-order valence-corrected chi connectivity index (χ1v) is 5.90. The van der Waals surface area contributed by atoms with E-state index in [1.807, 2.05) is 12.3 Å². The minimum absolute atomic E-state index is 0.995. The van der Waals surface area contributed by atoms with Gasteiger partial charge in [0.1, 0.15) is 0 Å². The van der Waals surface area contributed by atoms with Gasteiger partial charge < -0.3 is 5.43 Å². The fourth-order valence-corrected chi connectivity index (χ4v) is 2.23. The Balaban J connectivity index is 1.91. The van der Waals surface area contributed by atoms with Crippen LogP contribution in [0, 0.1) is 0 Å². The highest BCUT2D eigenvalue weighted by Crippen LogP contribution is 2.21. The zero-order valence-corrected chi connectivity index (χ0v) is 9.47. The van der Waals surface area contributed by atoms with Crippen LogP contribution >= 0.6 is 11.8 Å². The Morgan fingerprint density at radius 3 is 2.73 bits per heavy atom. The highest BCUT2D eigenvalue weighted by molar-refractivity contribution is 8.02. The van der Waals surface area contributed by atoms with Gasteiger partial charge in [-0.1, -0.05) is 30.3 Å². The molecule has 1 heterocycles. The lowest BCUT2D eigenvalue weighted by Gasteiger charge is -2.15. The van der Waals surface area contributed by atoms with Crippen LogP contribution in [0.25, 0.3) is 0 Å². The Hall–Kier alpha value is -1.35. The van der Waals surface area contributed by atoms with Gasteiger partial charge in [-0.05, 0) is 24.1 Å². The van der Waals surface area contributed by atoms with Gasteiger partial charge in [0.2, 0.25) is 0 Å². The van der Waals surface area contributed by atoms with Crippen molar-refractivity contribution in [3.05, 3.63) is 58.8 Å². The molecule has 0 saturated heterocycles. The zero-order valence-electron chi connectivity index (χ0n) is 8.66. The molecule has 1 aliphatic heterocycles. The molecule has 3 heteroatoms. The van der Waals surface area contributed by atoms with Crippen LogP contribution in [0.2, 0.25) is 0 Å². The third-order valence-corrected chi connectivity index (χ3v) is 3.10. The number of rotatable bonds is 3. The summed E-state index contributed by atoms with van der Waals surface area (Å²) < 4.78 is 0. The second-order valence-corrected chi connectivity index (χ2v) is 4.46. The number of nitrogens with one attached hydrogen (secondary N) is 2. The van der Waals surface area contributed by atoms with Crippen LogP contribution in [0.4, 0.5) is 0 Å². The maximum absolute atomic E-state index is 3.12. The van der Waals surface area contributed by atoms with E-state index in [1.165, 1.54) is 16.2 Å². The van der Waals surface area contributed by atoms with Crippen molar-refractivity contribution in [1.82, 2.24) is 10.9 Å². The second kappa shape index (κ2) is 4.94. The Bertz CT molecular complexity index is 382. The Labute approximate surface area is 94.4 Å². The van der Waals surface area contributed by atoms with Crippen molar-refractivity contribution in [2.45, 2.75) is 12.7 Å². The Morgan fingerprint density at radius 1 is 1.20 bits per heavy atom. The molecule has 0 aliphatic carbocycles. The topological polar surface area (TPSA) is 24.1 Å². The molecule has 2 nitrogen and oxygen atoms in total. The van der Waals surface area contributed by atoms with Crippen LogP contribution < -0.4 is 10.9 Å². The Morgan fingerprint density at radius 2 is 2.00 bits per heavy atom. The molecule has 2 N–H and O–H groups in total. The average molecular weight is 218 g/mol. The predicted octanol–water partition coefficient (Wildman–Crippen LogP) is 2.77. The van der Waals surface area contributed by atoms with Crippen LogP contribution in [-0.4, -0.2) is 0 Å². The van der Waals surface area contributed by atoms with Crippen molar-refractivity contribution < 1.29 is 0 Å². The second-order valence-electron chi connectivity index (χ2n) is 3.44. The molecule has 0 unspecified atom stereocenters. The standard InChI is InChI=1S/C12H14N2S/c1-10-7-12(14-13-8-10)15-9-11-5-3-2-4-6-11/h2-8,13-14H,9H2,1H3. The quantitative estimate of drug-likeness (QED) is 0.815. The van der Waals surface area contributed by atoms with Gasteiger partial charge in [0.15, 0.2) is 0 Å². The SMILES string of the molecule is CC1=CNNC(SCc2ccccc2)=C1. The molecular weight excluding hydrogens is 204 g/mol. The van der Waals surface area contributed by atoms with Gasteiger partial charge in [0.05, 0.1) is 5.03 Å². The van der Waals surface area contributed by atoms with Gasteiger partial charge in [0, 0.05) is 12.0 Å². The average Bonchev–Trinajstić information content (AvgIpc) is 2.28. The first-order valence-electron chi connectivity index (χ1n) is 4.91. The number of benzene rings is 1. The summed E-state index contributed by atoms with van der Waals surface area (Å²) in [7, 11) is 0. The molecular formula is C12H14N2S. The summed E-state index contributed by atoms with van der Waals surface area (Å²) in [4.78, 5) is 0. The third kappa shape index (κ3) is 3.06. The van der Waals surface area contributed by atoms with Gasteiger partial charge in [-0.15, -0.1) is 11.8 Å². The van der Waals surface area contributed by atoms with Crippen molar-refractivity contribution in [2.75, 3.05) is 0 Å². The van der Waals surface area contributed by atoms with Gasteiger partial charge in [-0.3, -0.25) is 5.43 Å². The highest BCUT2D eigenvalue weighted by atomic mass is 32.2. The van der Waals surface area contributed by atoms with Gasteiger partial charge in [0.25, 0.3) is 0 Å². The van der Waals surface area contributed by atoms with Crippen molar-refractivity contribution >= 4 is 11.8 Å². The zero-order chi connectivity index (χ0) is 10.5. The number of hydrogen-bond acceptors (Lipinski definition) is 3. The smallest absolute Gasteiger partial charge is 0.0875 e. The predicted molar refractivity (Wildman–Crippen MR) is 65.8 cm³/mol. The van der Waals surface area contributed by atoms with E-state index in [2.05, 4.69) is 48.1 Å². The minimum atomic E-state index is 0.995. The lowest BCUT2D eigenvalue weighted by Crippen LogP contribution is -2.27. The lowest BCUT2D eigenvalue weighted by molar-refractivity contribution is 0.747. The number of allylic oxidation sites excluding steroid dienone is 2. The van der Waals surface area contributed by atoms with E-state index in [4.69, 9.17) is 0 Å². The monoisotopic (exact) mass is 218 g/mol. The summed E-state index contributed by atoms with van der Waals surface area (Å²) in [5.41, 5.74) is 8.72. The fraction of sp³-hybridized carbons (Fsp3) is 0.167. The summed E-state index contributed by atoms with van der Waals surface area (Å²) in [6, 6.07) is 10.5. The fourth-order valence-electron chi connectivity index (χ4n) is 1.32. The van der Waals surface area contributed by atoms with Crippen LogP contribution in [0.5, 0.6) is 0 Å². The summed E-state index contributed by atoms with van der Waals surface area (Å²) in [6.07, 6.45) is 4.09.